The number of carbonyl (C=O) groups is 1. The summed E-state index contributed by atoms with van der Waals surface area (Å²) in [6.07, 6.45) is 1.18. The van der Waals surface area contributed by atoms with Gasteiger partial charge in [-0.3, -0.25) is 0 Å². The highest BCUT2D eigenvalue weighted by molar-refractivity contribution is 7.90. The van der Waals surface area contributed by atoms with Gasteiger partial charge in [0.05, 0.1) is 5.75 Å². The van der Waals surface area contributed by atoms with Crippen LogP contribution in [-0.4, -0.2) is 43.9 Å². The molecule has 0 spiro atoms. The Balaban J connectivity index is 2.56. The maximum Gasteiger partial charge on any atom is 0.317 e. The Kier molecular flexibility index (Phi) is 5.81. The van der Waals surface area contributed by atoms with E-state index in [1.165, 1.54) is 11.2 Å². The van der Waals surface area contributed by atoms with E-state index in [0.717, 1.165) is 5.56 Å². The summed E-state index contributed by atoms with van der Waals surface area (Å²) in [4.78, 5) is 13.6. The van der Waals surface area contributed by atoms with Gasteiger partial charge in [0.1, 0.15) is 9.84 Å². The van der Waals surface area contributed by atoms with E-state index >= 15 is 0 Å². The molecule has 1 aromatic rings. The molecule has 1 N–H and O–H groups in total. The number of urea groups is 1. The smallest absolute Gasteiger partial charge is 0.317 e. The molecule has 1 aromatic heterocycles. The molecule has 0 aliphatic heterocycles. The largest absolute Gasteiger partial charge is 0.334 e. The summed E-state index contributed by atoms with van der Waals surface area (Å²) in [6, 6.07) is 1.38. The summed E-state index contributed by atoms with van der Waals surface area (Å²) in [6.45, 7) is 4.52. The molecule has 5 nitrogen and oxygen atoms in total. The maximum atomic E-state index is 12.0. The van der Waals surface area contributed by atoms with Crippen LogP contribution in [0, 0.1) is 0 Å². The molecule has 0 fully saturated rings. The van der Waals surface area contributed by atoms with E-state index in [9.17, 15) is 13.2 Å². The molecule has 0 unspecified atom stereocenters. The molecule has 0 saturated carbocycles. The van der Waals surface area contributed by atoms with Gasteiger partial charge in [-0.1, -0.05) is 0 Å². The Morgan fingerprint density at radius 2 is 2.21 bits per heavy atom. The Labute approximate surface area is 118 Å². The van der Waals surface area contributed by atoms with Crippen molar-refractivity contribution in [3.63, 3.8) is 0 Å². The Morgan fingerprint density at radius 3 is 2.68 bits per heavy atom. The lowest BCUT2D eigenvalue weighted by Crippen LogP contribution is -2.47. The third kappa shape index (κ3) is 5.61. The third-order valence-electron chi connectivity index (χ3n) is 2.70. The van der Waals surface area contributed by atoms with E-state index in [1.54, 1.807) is 18.3 Å². The number of rotatable bonds is 6. The number of nitrogens with zero attached hydrogens (tertiary/aromatic N) is 1. The van der Waals surface area contributed by atoms with Crippen molar-refractivity contribution >= 4 is 27.2 Å². The van der Waals surface area contributed by atoms with Gasteiger partial charge in [-0.25, -0.2) is 13.2 Å². The highest BCUT2D eigenvalue weighted by Crippen LogP contribution is 2.07. The minimum Gasteiger partial charge on any atom is -0.334 e. The molecule has 108 valence electrons. The van der Waals surface area contributed by atoms with Crippen LogP contribution in [0.3, 0.4) is 0 Å². The topological polar surface area (TPSA) is 66.5 Å². The third-order valence-corrected chi connectivity index (χ3v) is 4.52. The van der Waals surface area contributed by atoms with E-state index in [2.05, 4.69) is 5.32 Å². The van der Waals surface area contributed by atoms with Crippen LogP contribution in [0.1, 0.15) is 19.4 Å². The van der Waals surface area contributed by atoms with Gasteiger partial charge in [0.2, 0.25) is 0 Å². The van der Waals surface area contributed by atoms with Gasteiger partial charge in [-0.15, -0.1) is 0 Å². The molecule has 2 amide bonds. The minimum atomic E-state index is -3.09. The summed E-state index contributed by atoms with van der Waals surface area (Å²) < 4.78 is 22.5. The van der Waals surface area contributed by atoms with Gasteiger partial charge in [0, 0.05) is 25.4 Å². The molecule has 1 atom stereocenters. The molecular formula is C12H20N2O3S2. The first-order valence-corrected chi connectivity index (χ1v) is 9.07. The second-order valence-electron chi connectivity index (χ2n) is 4.52. The van der Waals surface area contributed by atoms with Crippen LogP contribution in [0.25, 0.3) is 0 Å². The maximum absolute atomic E-state index is 12.0. The van der Waals surface area contributed by atoms with Gasteiger partial charge in [-0.05, 0) is 36.2 Å². The highest BCUT2D eigenvalue weighted by Gasteiger charge is 2.21. The zero-order valence-corrected chi connectivity index (χ0v) is 13.1. The summed E-state index contributed by atoms with van der Waals surface area (Å²) in [5, 5.41) is 6.72. The second-order valence-corrected chi connectivity index (χ2v) is 7.48. The molecule has 0 saturated heterocycles. The molecule has 0 bridgehead atoms. The van der Waals surface area contributed by atoms with Crippen LogP contribution in [0.4, 0.5) is 4.79 Å². The molecule has 0 aliphatic rings. The summed E-state index contributed by atoms with van der Waals surface area (Å²) in [7, 11) is -3.09. The summed E-state index contributed by atoms with van der Waals surface area (Å²) in [5.41, 5.74) is 1.05. The molecule has 0 radical (unpaired) electrons. The molecular weight excluding hydrogens is 284 g/mol. The van der Waals surface area contributed by atoms with Gasteiger partial charge in [0.15, 0.2) is 0 Å². The number of hydrogen-bond acceptors (Lipinski definition) is 4. The van der Waals surface area contributed by atoms with Crippen molar-refractivity contribution in [2.75, 3.05) is 18.6 Å². The fourth-order valence-electron chi connectivity index (χ4n) is 1.86. The van der Waals surface area contributed by atoms with Crippen LogP contribution >= 0.6 is 11.3 Å². The minimum absolute atomic E-state index is 0.0211. The first-order valence-electron chi connectivity index (χ1n) is 6.06. The van der Waals surface area contributed by atoms with Crippen LogP contribution < -0.4 is 5.32 Å². The van der Waals surface area contributed by atoms with Crippen LogP contribution in [0.5, 0.6) is 0 Å². The first kappa shape index (κ1) is 16.0. The Bertz CT molecular complexity index is 497. The number of sulfone groups is 1. The molecule has 19 heavy (non-hydrogen) atoms. The molecule has 0 aromatic carbocycles. The fraction of sp³-hybridized carbons (Fsp3) is 0.583. The van der Waals surface area contributed by atoms with Crippen molar-refractivity contribution < 1.29 is 13.2 Å². The van der Waals surface area contributed by atoms with Crippen molar-refractivity contribution in [3.05, 3.63) is 22.4 Å². The Hall–Kier alpha value is -1.08. The average molecular weight is 304 g/mol. The van der Waals surface area contributed by atoms with Crippen molar-refractivity contribution in [1.29, 1.82) is 0 Å². The normalized spacial score (nSPS) is 13.0. The predicted octanol–water partition coefficient (Wildman–Crippen LogP) is 1.71. The van der Waals surface area contributed by atoms with E-state index in [-0.39, 0.29) is 17.8 Å². The number of nitrogens with one attached hydrogen (secondary N) is 1. The van der Waals surface area contributed by atoms with Gasteiger partial charge >= 0.3 is 6.03 Å². The molecule has 0 aliphatic carbocycles. The highest BCUT2D eigenvalue weighted by atomic mass is 32.2. The molecule has 7 heteroatoms. The second kappa shape index (κ2) is 6.91. The number of thiophene rings is 1. The lowest BCUT2D eigenvalue weighted by atomic mass is 10.3. The summed E-state index contributed by atoms with van der Waals surface area (Å²) >= 11 is 1.58. The number of hydrogen-bond donors (Lipinski definition) is 1. The van der Waals surface area contributed by atoms with Gasteiger partial charge < -0.3 is 10.2 Å². The van der Waals surface area contributed by atoms with Crippen molar-refractivity contribution in [2.24, 2.45) is 0 Å². The van der Waals surface area contributed by atoms with Crippen molar-refractivity contribution in [1.82, 2.24) is 10.2 Å². The van der Waals surface area contributed by atoms with Crippen molar-refractivity contribution in [3.8, 4) is 0 Å². The van der Waals surface area contributed by atoms with Crippen LogP contribution in [-0.2, 0) is 16.4 Å². The van der Waals surface area contributed by atoms with Gasteiger partial charge in [0.25, 0.3) is 0 Å². The molecule has 1 heterocycles. The lowest BCUT2D eigenvalue weighted by Gasteiger charge is -2.27. The number of carbonyl (C=O) groups excluding carboxylic acids is 1. The van der Waals surface area contributed by atoms with E-state index < -0.39 is 9.84 Å². The van der Waals surface area contributed by atoms with Gasteiger partial charge in [-0.2, -0.15) is 11.3 Å². The monoisotopic (exact) mass is 304 g/mol. The summed E-state index contributed by atoms with van der Waals surface area (Å²) in [5.74, 6) is -0.0211. The fourth-order valence-corrected chi connectivity index (χ4v) is 3.58. The van der Waals surface area contributed by atoms with Crippen LogP contribution in [0.15, 0.2) is 16.8 Å². The Morgan fingerprint density at radius 1 is 1.53 bits per heavy atom. The lowest BCUT2D eigenvalue weighted by molar-refractivity contribution is 0.187. The van der Waals surface area contributed by atoms with Crippen LogP contribution in [0.2, 0.25) is 0 Å². The predicted molar refractivity (Wildman–Crippen MR) is 78.1 cm³/mol. The quantitative estimate of drug-likeness (QED) is 0.870. The van der Waals surface area contributed by atoms with Crippen molar-refractivity contribution in [2.45, 2.75) is 26.4 Å². The zero-order valence-electron chi connectivity index (χ0n) is 11.4. The van der Waals surface area contributed by atoms with E-state index in [4.69, 9.17) is 0 Å². The average Bonchev–Trinajstić information content (AvgIpc) is 2.77. The van der Waals surface area contributed by atoms with E-state index in [0.29, 0.717) is 13.1 Å². The number of amides is 2. The van der Waals surface area contributed by atoms with E-state index in [1.807, 2.05) is 23.8 Å². The molecule has 1 rings (SSSR count). The zero-order chi connectivity index (χ0) is 14.5. The standard InChI is InChI=1S/C12H20N2O3S2/c1-4-14(10(2)9-19(3,16)17)12(15)13-7-11-5-6-18-8-11/h5-6,8,10H,4,7,9H2,1-3H3,(H,13,15)/t10-/m1/s1. The first-order chi connectivity index (χ1) is 8.83. The SMILES string of the molecule is CCN(C(=O)NCc1ccsc1)[C@H](C)CS(C)(=O)=O.